The second kappa shape index (κ2) is 7.23. The van der Waals surface area contributed by atoms with Crippen molar-refractivity contribution in [1.82, 2.24) is 4.57 Å². The van der Waals surface area contributed by atoms with Crippen molar-refractivity contribution in [3.8, 4) is 18.1 Å². The second-order valence-corrected chi connectivity index (χ2v) is 5.84. The Labute approximate surface area is 143 Å². The molecule has 0 aliphatic carbocycles. The van der Waals surface area contributed by atoms with Crippen LogP contribution in [0.5, 0.6) is 5.75 Å². The first-order valence-electron chi connectivity index (χ1n) is 7.47. The molecule has 0 unspecified atom stereocenters. The molecular formula is C17H16N2O4S. The van der Waals surface area contributed by atoms with Gasteiger partial charge in [0.25, 0.3) is 0 Å². The van der Waals surface area contributed by atoms with Gasteiger partial charge in [-0.2, -0.15) is 4.99 Å². The zero-order valence-corrected chi connectivity index (χ0v) is 14.0. The number of aromatic nitrogens is 1. The Morgan fingerprint density at radius 2 is 2.38 bits per heavy atom. The van der Waals surface area contributed by atoms with E-state index in [1.807, 2.05) is 25.1 Å². The normalized spacial score (nSPS) is 14.5. The number of terminal acetylenes is 1. The molecule has 0 saturated carbocycles. The predicted molar refractivity (Wildman–Crippen MR) is 90.4 cm³/mol. The zero-order valence-electron chi connectivity index (χ0n) is 13.2. The van der Waals surface area contributed by atoms with Crippen LogP contribution in [0.3, 0.4) is 0 Å². The number of amides is 1. The molecule has 1 aromatic heterocycles. The summed E-state index contributed by atoms with van der Waals surface area (Å²) < 4.78 is 18.8. The van der Waals surface area contributed by atoms with E-state index in [4.69, 9.17) is 20.6 Å². The summed E-state index contributed by atoms with van der Waals surface area (Å²) in [5, 5.41) is 0. The molecule has 0 spiro atoms. The topological polar surface area (TPSA) is 62.1 Å². The van der Waals surface area contributed by atoms with Gasteiger partial charge in [-0.05, 0) is 19.1 Å². The molecule has 0 bridgehead atoms. The minimum absolute atomic E-state index is 0.0935. The molecule has 3 rings (SSSR count). The average molecular weight is 344 g/mol. The van der Waals surface area contributed by atoms with Crippen molar-refractivity contribution in [2.75, 3.05) is 19.8 Å². The number of hydrogen-bond donors (Lipinski definition) is 0. The lowest BCUT2D eigenvalue weighted by Gasteiger charge is -2.12. The Morgan fingerprint density at radius 3 is 3.08 bits per heavy atom. The maximum Gasteiger partial charge on any atom is 0.317 e. The Morgan fingerprint density at radius 1 is 1.50 bits per heavy atom. The van der Waals surface area contributed by atoms with Crippen LogP contribution in [-0.4, -0.2) is 30.3 Å². The van der Waals surface area contributed by atoms with Crippen LogP contribution < -0.4 is 9.54 Å². The van der Waals surface area contributed by atoms with Crippen molar-refractivity contribution < 1.29 is 19.0 Å². The van der Waals surface area contributed by atoms with Crippen LogP contribution in [0.15, 0.2) is 35.2 Å². The molecule has 24 heavy (non-hydrogen) atoms. The number of thiazole rings is 1. The van der Waals surface area contributed by atoms with Crippen LogP contribution in [0.1, 0.15) is 6.92 Å². The third kappa shape index (κ3) is 3.14. The van der Waals surface area contributed by atoms with Gasteiger partial charge >= 0.3 is 5.91 Å². The Hall–Kier alpha value is -2.72. The second-order valence-electron chi connectivity index (χ2n) is 4.83. The smallest absolute Gasteiger partial charge is 0.317 e. The summed E-state index contributed by atoms with van der Waals surface area (Å²) in [7, 11) is 0. The van der Waals surface area contributed by atoms with E-state index >= 15 is 0 Å². The van der Waals surface area contributed by atoms with Gasteiger partial charge in [0.05, 0.1) is 17.9 Å². The number of hydrogen-bond acceptors (Lipinski definition) is 5. The number of carbonyl (C=O) groups excluding carboxylic acids is 1. The fourth-order valence-corrected chi connectivity index (χ4v) is 3.36. The molecular weight excluding hydrogens is 328 g/mol. The SMILES string of the molecule is C#CCn1c(=NC(=O)C2=COCCO2)sc2cccc(OCC)c21. The Bertz CT molecular complexity index is 901. The molecule has 0 saturated heterocycles. The molecule has 1 amide bonds. The lowest BCUT2D eigenvalue weighted by Crippen LogP contribution is -2.20. The monoisotopic (exact) mass is 344 g/mol. The van der Waals surface area contributed by atoms with Crippen molar-refractivity contribution in [2.45, 2.75) is 13.5 Å². The van der Waals surface area contributed by atoms with Gasteiger partial charge in [-0.1, -0.05) is 23.3 Å². The molecule has 0 fully saturated rings. The molecule has 1 aromatic carbocycles. The van der Waals surface area contributed by atoms with Crippen LogP contribution in [0.4, 0.5) is 0 Å². The molecule has 2 heterocycles. The van der Waals surface area contributed by atoms with E-state index in [-0.39, 0.29) is 12.3 Å². The van der Waals surface area contributed by atoms with E-state index < -0.39 is 5.91 Å². The lowest BCUT2D eigenvalue weighted by molar-refractivity contribution is -0.119. The van der Waals surface area contributed by atoms with Crippen molar-refractivity contribution >= 4 is 27.5 Å². The highest BCUT2D eigenvalue weighted by molar-refractivity contribution is 7.16. The molecule has 0 N–H and O–H groups in total. The van der Waals surface area contributed by atoms with Crippen LogP contribution in [0, 0.1) is 12.3 Å². The summed E-state index contributed by atoms with van der Waals surface area (Å²) in [6.07, 6.45) is 6.78. The molecule has 1 aliphatic heterocycles. The Kier molecular flexibility index (Phi) is 4.87. The van der Waals surface area contributed by atoms with Gasteiger partial charge in [0.1, 0.15) is 30.7 Å². The minimum atomic E-state index is -0.495. The van der Waals surface area contributed by atoms with E-state index in [9.17, 15) is 4.79 Å². The third-order valence-electron chi connectivity index (χ3n) is 3.27. The van der Waals surface area contributed by atoms with Crippen LogP contribution >= 0.6 is 11.3 Å². The Balaban J connectivity index is 2.13. The fraction of sp³-hybridized carbons (Fsp3) is 0.294. The summed E-state index contributed by atoms with van der Waals surface area (Å²) >= 11 is 1.37. The first-order valence-corrected chi connectivity index (χ1v) is 8.28. The number of carbonyl (C=O) groups is 1. The minimum Gasteiger partial charge on any atom is -0.494 e. The van der Waals surface area contributed by atoms with Crippen LogP contribution in [0.25, 0.3) is 10.2 Å². The number of fused-ring (bicyclic) bond motifs is 1. The lowest BCUT2D eigenvalue weighted by atomic mass is 10.3. The van der Waals surface area contributed by atoms with Crippen LogP contribution in [-0.2, 0) is 20.8 Å². The van der Waals surface area contributed by atoms with E-state index in [1.54, 1.807) is 4.57 Å². The predicted octanol–water partition coefficient (Wildman–Crippen LogP) is 2.05. The number of benzene rings is 1. The van der Waals surface area contributed by atoms with Gasteiger partial charge in [0, 0.05) is 0 Å². The molecule has 6 nitrogen and oxygen atoms in total. The number of nitrogens with zero attached hydrogens (tertiary/aromatic N) is 2. The summed E-state index contributed by atoms with van der Waals surface area (Å²) in [5.41, 5.74) is 0.837. The van der Waals surface area contributed by atoms with E-state index in [2.05, 4.69) is 10.9 Å². The van der Waals surface area contributed by atoms with Crippen molar-refractivity contribution in [3.05, 3.63) is 35.0 Å². The van der Waals surface area contributed by atoms with Gasteiger partial charge in [-0.3, -0.25) is 4.79 Å². The van der Waals surface area contributed by atoms with Gasteiger partial charge in [0.2, 0.25) is 5.76 Å². The highest BCUT2D eigenvalue weighted by Crippen LogP contribution is 2.27. The van der Waals surface area contributed by atoms with Crippen molar-refractivity contribution in [2.24, 2.45) is 4.99 Å². The third-order valence-corrected chi connectivity index (χ3v) is 4.31. The van der Waals surface area contributed by atoms with E-state index in [0.717, 1.165) is 10.2 Å². The molecule has 0 radical (unpaired) electrons. The maximum absolute atomic E-state index is 12.3. The maximum atomic E-state index is 12.3. The zero-order chi connectivity index (χ0) is 16.9. The molecule has 1 aliphatic rings. The first kappa shape index (κ1) is 16.1. The molecule has 2 aromatic rings. The number of ether oxygens (including phenoxy) is 3. The van der Waals surface area contributed by atoms with Crippen molar-refractivity contribution in [1.29, 1.82) is 0 Å². The standard InChI is InChI=1S/C17H16N2O4S/c1-3-8-19-15-12(22-4-2)6-5-7-14(15)24-17(19)18-16(20)13-11-21-9-10-23-13/h1,5-7,11H,4,8-10H2,2H3. The van der Waals surface area contributed by atoms with Crippen LogP contribution in [0.2, 0.25) is 0 Å². The number of para-hydroxylation sites is 1. The molecule has 124 valence electrons. The first-order chi connectivity index (χ1) is 11.7. The van der Waals surface area contributed by atoms with E-state index in [1.165, 1.54) is 17.6 Å². The average Bonchev–Trinajstić information content (AvgIpc) is 2.95. The fourth-order valence-electron chi connectivity index (χ4n) is 2.32. The molecule has 7 heteroatoms. The van der Waals surface area contributed by atoms with Gasteiger partial charge in [0.15, 0.2) is 4.80 Å². The van der Waals surface area contributed by atoms with Gasteiger partial charge in [-0.15, -0.1) is 6.42 Å². The number of rotatable bonds is 4. The summed E-state index contributed by atoms with van der Waals surface area (Å²) in [4.78, 5) is 16.9. The quantitative estimate of drug-likeness (QED) is 0.797. The summed E-state index contributed by atoms with van der Waals surface area (Å²) in [5.74, 6) is 2.91. The van der Waals surface area contributed by atoms with Crippen molar-refractivity contribution in [3.63, 3.8) is 0 Å². The van der Waals surface area contributed by atoms with Gasteiger partial charge < -0.3 is 18.8 Å². The highest BCUT2D eigenvalue weighted by Gasteiger charge is 2.16. The highest BCUT2D eigenvalue weighted by atomic mass is 32.1. The summed E-state index contributed by atoms with van der Waals surface area (Å²) in [6.45, 7) is 3.49. The van der Waals surface area contributed by atoms with E-state index in [0.29, 0.717) is 30.4 Å². The molecule has 0 atom stereocenters. The largest absolute Gasteiger partial charge is 0.494 e. The van der Waals surface area contributed by atoms with Gasteiger partial charge in [-0.25, -0.2) is 0 Å². The summed E-state index contributed by atoms with van der Waals surface area (Å²) in [6, 6.07) is 5.71.